The summed E-state index contributed by atoms with van der Waals surface area (Å²) in [6, 6.07) is 0. The fourth-order valence-electron chi connectivity index (χ4n) is 1.57. The average molecular weight is 220 g/mol. The van der Waals surface area contributed by atoms with Crippen molar-refractivity contribution in [3.05, 3.63) is 38.8 Å². The highest BCUT2D eigenvalue weighted by molar-refractivity contribution is 5.60. The maximum atomic E-state index is 11.7. The van der Waals surface area contributed by atoms with Gasteiger partial charge in [0.2, 0.25) is 0 Å². The molecule has 0 aliphatic heterocycles. The quantitative estimate of drug-likeness (QED) is 0.722. The monoisotopic (exact) mass is 220 g/mol. The third kappa shape index (κ3) is 1.48. The first-order valence-corrected chi connectivity index (χ1v) is 4.79. The van der Waals surface area contributed by atoms with E-state index in [1.54, 1.807) is 31.0 Å². The van der Waals surface area contributed by atoms with Crippen LogP contribution in [0.25, 0.3) is 11.3 Å². The zero-order valence-electron chi connectivity index (χ0n) is 9.31. The molecule has 0 bridgehead atoms. The van der Waals surface area contributed by atoms with Crippen LogP contribution in [0.5, 0.6) is 0 Å². The van der Waals surface area contributed by atoms with Crippen LogP contribution in [0, 0.1) is 6.92 Å². The van der Waals surface area contributed by atoms with E-state index in [2.05, 4.69) is 10.1 Å². The van der Waals surface area contributed by atoms with E-state index in [9.17, 15) is 9.59 Å². The molecule has 0 unspecified atom stereocenters. The molecule has 0 amide bonds. The fraction of sp³-hybridized carbons (Fsp3) is 0.300. The Morgan fingerprint density at radius 2 is 2.00 bits per heavy atom. The molecular weight excluding hydrogens is 208 g/mol. The summed E-state index contributed by atoms with van der Waals surface area (Å²) < 4.78 is 2.67. The van der Waals surface area contributed by atoms with Gasteiger partial charge in [0.05, 0.1) is 11.9 Å². The van der Waals surface area contributed by atoms with Crippen molar-refractivity contribution < 1.29 is 0 Å². The number of rotatable bonds is 1. The van der Waals surface area contributed by atoms with Crippen LogP contribution >= 0.6 is 0 Å². The Morgan fingerprint density at radius 1 is 1.31 bits per heavy atom. The second kappa shape index (κ2) is 3.48. The van der Waals surface area contributed by atoms with E-state index in [1.807, 2.05) is 0 Å². The molecule has 2 aromatic rings. The minimum Gasteiger partial charge on any atom is -0.306 e. The number of nitrogens with zero attached hydrogens (tertiary/aromatic N) is 3. The Kier molecular flexibility index (Phi) is 2.26. The molecule has 0 spiro atoms. The fourth-order valence-corrected chi connectivity index (χ4v) is 1.57. The summed E-state index contributed by atoms with van der Waals surface area (Å²) in [5.74, 6) is 0. The summed E-state index contributed by atoms with van der Waals surface area (Å²) in [7, 11) is 3.22. The van der Waals surface area contributed by atoms with Crippen molar-refractivity contribution in [1.29, 1.82) is 0 Å². The predicted octanol–water partition coefficient (Wildman–Crippen LogP) is -0.217. The molecule has 6 nitrogen and oxygen atoms in total. The van der Waals surface area contributed by atoms with Gasteiger partial charge < -0.3 is 4.98 Å². The molecule has 0 fully saturated rings. The number of hydrogen-bond acceptors (Lipinski definition) is 3. The summed E-state index contributed by atoms with van der Waals surface area (Å²) in [5, 5.41) is 4.00. The number of aromatic nitrogens is 4. The van der Waals surface area contributed by atoms with E-state index in [0.717, 1.165) is 10.1 Å². The third-order valence-corrected chi connectivity index (χ3v) is 2.53. The lowest BCUT2D eigenvalue weighted by atomic mass is 10.1. The molecule has 0 radical (unpaired) electrons. The summed E-state index contributed by atoms with van der Waals surface area (Å²) in [6.07, 6.45) is 3.36. The molecule has 1 N–H and O–H groups in total. The van der Waals surface area contributed by atoms with Crippen LogP contribution in [0.1, 0.15) is 5.56 Å². The summed E-state index contributed by atoms with van der Waals surface area (Å²) >= 11 is 0. The minimum atomic E-state index is -0.422. The van der Waals surface area contributed by atoms with Crippen LogP contribution in [0.3, 0.4) is 0 Å². The highest BCUT2D eigenvalue weighted by Gasteiger charge is 2.10. The van der Waals surface area contributed by atoms with Crippen molar-refractivity contribution >= 4 is 0 Å². The van der Waals surface area contributed by atoms with Crippen molar-refractivity contribution in [1.82, 2.24) is 19.3 Å². The molecule has 2 heterocycles. The smallest absolute Gasteiger partial charge is 0.306 e. The molecule has 0 aromatic carbocycles. The molecule has 0 saturated heterocycles. The number of aryl methyl sites for hydroxylation is 1. The van der Waals surface area contributed by atoms with Gasteiger partial charge in [0, 0.05) is 31.4 Å². The van der Waals surface area contributed by atoms with E-state index < -0.39 is 5.69 Å². The van der Waals surface area contributed by atoms with E-state index in [-0.39, 0.29) is 5.56 Å². The van der Waals surface area contributed by atoms with Crippen molar-refractivity contribution in [2.24, 2.45) is 14.1 Å². The standard InChI is InChI=1S/C10H12N4O2/c1-6-8(7-4-11-13(2)5-7)12-10(16)14(3)9(6)15/h4-5H,1-3H3,(H,12,16). The Labute approximate surface area is 91.2 Å². The van der Waals surface area contributed by atoms with Gasteiger partial charge in [-0.2, -0.15) is 5.10 Å². The lowest BCUT2D eigenvalue weighted by Gasteiger charge is -2.04. The maximum Gasteiger partial charge on any atom is 0.328 e. The molecule has 0 aliphatic rings. The van der Waals surface area contributed by atoms with Gasteiger partial charge in [0.25, 0.3) is 5.56 Å². The Morgan fingerprint density at radius 3 is 2.56 bits per heavy atom. The van der Waals surface area contributed by atoms with Crippen LogP contribution in [0.4, 0.5) is 0 Å². The molecule has 84 valence electrons. The molecule has 0 saturated carbocycles. The topological polar surface area (TPSA) is 72.7 Å². The largest absolute Gasteiger partial charge is 0.328 e. The SMILES string of the molecule is Cc1c(-c2cnn(C)c2)[nH]c(=O)n(C)c1=O. The van der Waals surface area contributed by atoms with Crippen molar-refractivity contribution in [2.75, 3.05) is 0 Å². The van der Waals surface area contributed by atoms with E-state index in [4.69, 9.17) is 0 Å². The number of H-pyrrole nitrogens is 1. The van der Waals surface area contributed by atoms with Gasteiger partial charge >= 0.3 is 5.69 Å². The van der Waals surface area contributed by atoms with E-state index in [1.165, 1.54) is 7.05 Å². The van der Waals surface area contributed by atoms with Gasteiger partial charge in [-0.15, -0.1) is 0 Å². The van der Waals surface area contributed by atoms with Gasteiger partial charge in [-0.1, -0.05) is 0 Å². The lowest BCUT2D eigenvalue weighted by molar-refractivity contribution is 0.765. The molecule has 16 heavy (non-hydrogen) atoms. The maximum absolute atomic E-state index is 11.7. The van der Waals surface area contributed by atoms with Gasteiger partial charge in [-0.3, -0.25) is 14.0 Å². The second-order valence-electron chi connectivity index (χ2n) is 3.70. The highest BCUT2D eigenvalue weighted by atomic mass is 16.2. The normalized spacial score (nSPS) is 10.7. The van der Waals surface area contributed by atoms with Gasteiger partial charge in [-0.25, -0.2) is 4.79 Å². The zero-order valence-corrected chi connectivity index (χ0v) is 9.31. The van der Waals surface area contributed by atoms with Gasteiger partial charge in [-0.05, 0) is 6.92 Å². The summed E-state index contributed by atoms with van der Waals surface area (Å²) in [6.45, 7) is 1.68. The van der Waals surface area contributed by atoms with Crippen LogP contribution in [-0.4, -0.2) is 19.3 Å². The Bertz CT molecular complexity index is 648. The molecule has 2 aromatic heterocycles. The first-order valence-electron chi connectivity index (χ1n) is 4.79. The first-order chi connectivity index (χ1) is 7.50. The van der Waals surface area contributed by atoms with Crippen molar-refractivity contribution in [3.8, 4) is 11.3 Å². The second-order valence-corrected chi connectivity index (χ2v) is 3.70. The van der Waals surface area contributed by atoms with Gasteiger partial charge in [0.1, 0.15) is 0 Å². The molecule has 2 rings (SSSR count). The van der Waals surface area contributed by atoms with E-state index >= 15 is 0 Å². The third-order valence-electron chi connectivity index (χ3n) is 2.53. The summed E-state index contributed by atoms with van der Waals surface area (Å²) in [4.78, 5) is 25.8. The van der Waals surface area contributed by atoms with Crippen molar-refractivity contribution in [3.63, 3.8) is 0 Å². The van der Waals surface area contributed by atoms with E-state index in [0.29, 0.717) is 11.3 Å². The van der Waals surface area contributed by atoms with Crippen LogP contribution in [0.15, 0.2) is 22.0 Å². The Hall–Kier alpha value is -2.11. The minimum absolute atomic E-state index is 0.289. The number of nitrogens with one attached hydrogen (secondary N) is 1. The number of hydrogen-bond donors (Lipinski definition) is 1. The highest BCUT2D eigenvalue weighted by Crippen LogP contribution is 2.15. The van der Waals surface area contributed by atoms with Gasteiger partial charge in [0.15, 0.2) is 0 Å². The molecular formula is C10H12N4O2. The average Bonchev–Trinajstić information content (AvgIpc) is 2.67. The number of aromatic amines is 1. The molecule has 6 heteroatoms. The Balaban J connectivity index is 2.77. The van der Waals surface area contributed by atoms with Crippen LogP contribution in [-0.2, 0) is 14.1 Å². The summed E-state index contributed by atoms with van der Waals surface area (Å²) in [5.41, 5.74) is 1.06. The van der Waals surface area contributed by atoms with Crippen molar-refractivity contribution in [2.45, 2.75) is 6.92 Å². The molecule has 0 atom stereocenters. The predicted molar refractivity (Wildman–Crippen MR) is 59.2 cm³/mol. The van der Waals surface area contributed by atoms with Crippen LogP contribution in [0.2, 0.25) is 0 Å². The first kappa shape index (κ1) is 10.4. The van der Waals surface area contributed by atoms with Crippen LogP contribution < -0.4 is 11.2 Å². The lowest BCUT2D eigenvalue weighted by Crippen LogP contribution is -2.34. The zero-order chi connectivity index (χ0) is 11.9. The molecule has 0 aliphatic carbocycles.